The first kappa shape index (κ1) is 23.1. The zero-order valence-corrected chi connectivity index (χ0v) is 19.1. The van der Waals surface area contributed by atoms with Crippen LogP contribution in [-0.4, -0.2) is 46.5 Å². The summed E-state index contributed by atoms with van der Waals surface area (Å²) in [4.78, 5) is 27.0. The van der Waals surface area contributed by atoms with E-state index < -0.39 is 23.3 Å². The number of fused-ring (bicyclic) bond motifs is 1. The number of ether oxygens (including phenoxy) is 1. The largest absolute Gasteiger partial charge is 0.478 e. The van der Waals surface area contributed by atoms with Gasteiger partial charge in [0, 0.05) is 18.8 Å². The number of morpholine rings is 1. The zero-order valence-electron chi connectivity index (χ0n) is 18.4. The first-order chi connectivity index (χ1) is 16.8. The first-order valence-corrected chi connectivity index (χ1v) is 11.3. The molecule has 4 aromatic rings. The Morgan fingerprint density at radius 3 is 2.37 bits per heavy atom. The summed E-state index contributed by atoms with van der Waals surface area (Å²) in [6, 6.07) is 13.3. The molecule has 1 aromatic heterocycles. The second kappa shape index (κ2) is 9.16. The third kappa shape index (κ3) is 4.28. The average Bonchev–Trinajstić information content (AvgIpc) is 3.13. The molecule has 1 aliphatic rings. The standard InChI is InChI=1S/C25H20ClF2N3O4/c26-20-5-6-21-23(22(20)28)31(19-3-1-18(2-4-19)29-7-9-35-10-8-29)25(34)30(21)14-15-11-16(24(32)33)13-17(27)12-15/h1-6,11-13H,7-10,14H2,(H,32,33). The normalized spacial score (nSPS) is 14.0. The molecule has 10 heteroatoms. The first-order valence-electron chi connectivity index (χ1n) is 10.9. The van der Waals surface area contributed by atoms with Crippen LogP contribution in [0.5, 0.6) is 0 Å². The Bertz CT molecular complexity index is 1490. The fraction of sp³-hybridized carbons (Fsp3) is 0.200. The predicted molar refractivity (Wildman–Crippen MR) is 128 cm³/mol. The fourth-order valence-corrected chi connectivity index (χ4v) is 4.51. The van der Waals surface area contributed by atoms with E-state index >= 15 is 4.39 Å². The van der Waals surface area contributed by atoms with Crippen LogP contribution < -0.4 is 10.6 Å². The van der Waals surface area contributed by atoms with E-state index in [-0.39, 0.29) is 33.7 Å². The lowest BCUT2D eigenvalue weighted by atomic mass is 10.1. The van der Waals surface area contributed by atoms with Gasteiger partial charge in [-0.25, -0.2) is 18.4 Å². The van der Waals surface area contributed by atoms with Crippen LogP contribution >= 0.6 is 11.6 Å². The maximum atomic E-state index is 15.2. The topological polar surface area (TPSA) is 76.7 Å². The number of carboxylic acids is 1. The average molecular weight is 500 g/mol. The zero-order chi connectivity index (χ0) is 24.7. The molecule has 0 unspecified atom stereocenters. The molecule has 0 saturated carbocycles. The third-order valence-electron chi connectivity index (χ3n) is 6.01. The Morgan fingerprint density at radius 2 is 1.69 bits per heavy atom. The second-order valence-electron chi connectivity index (χ2n) is 8.20. The molecule has 180 valence electrons. The number of anilines is 1. The van der Waals surface area contributed by atoms with Gasteiger partial charge < -0.3 is 14.7 Å². The maximum absolute atomic E-state index is 15.2. The molecule has 1 fully saturated rings. The molecule has 0 radical (unpaired) electrons. The number of nitrogens with zero attached hydrogens (tertiary/aromatic N) is 3. The summed E-state index contributed by atoms with van der Waals surface area (Å²) >= 11 is 6.04. The van der Waals surface area contributed by atoms with Crippen molar-refractivity contribution in [3.63, 3.8) is 0 Å². The summed E-state index contributed by atoms with van der Waals surface area (Å²) in [7, 11) is 0. The number of carboxylic acid groups (broad SMARTS) is 1. The van der Waals surface area contributed by atoms with Gasteiger partial charge in [-0.15, -0.1) is 0 Å². The van der Waals surface area contributed by atoms with Gasteiger partial charge >= 0.3 is 11.7 Å². The second-order valence-corrected chi connectivity index (χ2v) is 8.61. The summed E-state index contributed by atoms with van der Waals surface area (Å²) < 4.78 is 37.1. The molecule has 3 aromatic carbocycles. The lowest BCUT2D eigenvalue weighted by molar-refractivity contribution is 0.0696. The number of imidazole rings is 1. The van der Waals surface area contributed by atoms with Crippen molar-refractivity contribution in [2.45, 2.75) is 6.54 Å². The smallest absolute Gasteiger partial charge is 0.335 e. The molecule has 5 rings (SSSR count). The predicted octanol–water partition coefficient (Wildman–Crippen LogP) is 4.31. The molecule has 0 atom stereocenters. The molecule has 1 N–H and O–H groups in total. The van der Waals surface area contributed by atoms with Gasteiger partial charge in [0.2, 0.25) is 0 Å². The quantitative estimate of drug-likeness (QED) is 0.443. The van der Waals surface area contributed by atoms with Crippen LogP contribution in [0.3, 0.4) is 0 Å². The minimum Gasteiger partial charge on any atom is -0.478 e. The summed E-state index contributed by atoms with van der Waals surface area (Å²) in [5, 5.41) is 9.10. The number of hydrogen-bond acceptors (Lipinski definition) is 4. The number of hydrogen-bond donors (Lipinski definition) is 1. The Kier molecular flexibility index (Phi) is 6.04. The lowest BCUT2D eigenvalue weighted by Gasteiger charge is -2.28. The molecule has 0 aliphatic carbocycles. The Labute approximate surface area is 203 Å². The van der Waals surface area contributed by atoms with Gasteiger partial charge in [0.05, 0.1) is 41.5 Å². The van der Waals surface area contributed by atoms with Crippen LogP contribution in [0.4, 0.5) is 14.5 Å². The van der Waals surface area contributed by atoms with Crippen molar-refractivity contribution in [2.24, 2.45) is 0 Å². The molecule has 2 heterocycles. The summed E-state index contributed by atoms with van der Waals surface area (Å²) in [5.41, 5.74) is 1.05. The van der Waals surface area contributed by atoms with E-state index in [0.717, 1.165) is 30.9 Å². The summed E-state index contributed by atoms with van der Waals surface area (Å²) in [5.74, 6) is -2.80. The molecule has 35 heavy (non-hydrogen) atoms. The molecule has 1 aliphatic heterocycles. The van der Waals surface area contributed by atoms with Crippen LogP contribution in [0, 0.1) is 11.6 Å². The van der Waals surface area contributed by atoms with E-state index in [9.17, 15) is 19.1 Å². The minimum atomic E-state index is -1.29. The number of carbonyl (C=O) groups is 1. The van der Waals surface area contributed by atoms with Gasteiger partial charge in [-0.1, -0.05) is 11.6 Å². The Morgan fingerprint density at radius 1 is 1.00 bits per heavy atom. The van der Waals surface area contributed by atoms with Crippen molar-refractivity contribution in [1.82, 2.24) is 9.13 Å². The van der Waals surface area contributed by atoms with Gasteiger partial charge in [-0.05, 0) is 60.2 Å². The maximum Gasteiger partial charge on any atom is 0.335 e. The Balaban J connectivity index is 1.63. The number of benzene rings is 3. The summed E-state index contributed by atoms with van der Waals surface area (Å²) in [6.07, 6.45) is 0. The van der Waals surface area contributed by atoms with Crippen LogP contribution in [-0.2, 0) is 11.3 Å². The van der Waals surface area contributed by atoms with Crippen molar-refractivity contribution in [1.29, 1.82) is 0 Å². The molecule has 0 spiro atoms. The van der Waals surface area contributed by atoms with E-state index in [4.69, 9.17) is 16.3 Å². The van der Waals surface area contributed by atoms with E-state index in [1.807, 2.05) is 12.1 Å². The van der Waals surface area contributed by atoms with Crippen LogP contribution in [0.1, 0.15) is 15.9 Å². The van der Waals surface area contributed by atoms with Crippen LogP contribution in [0.25, 0.3) is 16.7 Å². The van der Waals surface area contributed by atoms with E-state index in [2.05, 4.69) is 4.90 Å². The number of rotatable bonds is 5. The Hall–Kier alpha value is -3.69. The molecule has 7 nitrogen and oxygen atoms in total. The van der Waals surface area contributed by atoms with Crippen molar-refractivity contribution in [2.75, 3.05) is 31.2 Å². The van der Waals surface area contributed by atoms with Crippen molar-refractivity contribution in [3.05, 3.63) is 92.9 Å². The molecular formula is C25H20ClF2N3O4. The highest BCUT2D eigenvalue weighted by Gasteiger charge is 2.21. The summed E-state index contributed by atoms with van der Waals surface area (Å²) in [6.45, 7) is 2.58. The number of aromatic carboxylic acids is 1. The van der Waals surface area contributed by atoms with E-state index in [1.54, 1.807) is 12.1 Å². The van der Waals surface area contributed by atoms with E-state index in [0.29, 0.717) is 18.9 Å². The highest BCUT2D eigenvalue weighted by Crippen LogP contribution is 2.28. The van der Waals surface area contributed by atoms with Gasteiger partial charge in [-0.2, -0.15) is 0 Å². The number of halogens is 3. The lowest BCUT2D eigenvalue weighted by Crippen LogP contribution is -2.36. The molecule has 1 saturated heterocycles. The van der Waals surface area contributed by atoms with Gasteiger partial charge in [0.25, 0.3) is 0 Å². The van der Waals surface area contributed by atoms with Crippen LogP contribution in [0.2, 0.25) is 5.02 Å². The third-order valence-corrected chi connectivity index (χ3v) is 6.31. The van der Waals surface area contributed by atoms with Crippen molar-refractivity contribution in [3.8, 4) is 5.69 Å². The van der Waals surface area contributed by atoms with Crippen LogP contribution in [0.15, 0.2) is 59.4 Å². The van der Waals surface area contributed by atoms with Crippen molar-refractivity contribution >= 4 is 34.3 Å². The fourth-order valence-electron chi connectivity index (χ4n) is 4.35. The van der Waals surface area contributed by atoms with Gasteiger partial charge in [0.1, 0.15) is 11.3 Å². The SMILES string of the molecule is O=C(O)c1cc(F)cc(Cn2c(=O)n(-c3ccc(N4CCOCC4)cc3)c3c(F)c(Cl)ccc32)c1. The number of aromatic nitrogens is 2. The van der Waals surface area contributed by atoms with Gasteiger partial charge in [-0.3, -0.25) is 9.13 Å². The molecule has 0 bridgehead atoms. The van der Waals surface area contributed by atoms with Crippen molar-refractivity contribution < 1.29 is 23.4 Å². The van der Waals surface area contributed by atoms with Gasteiger partial charge in [0.15, 0.2) is 5.82 Å². The minimum absolute atomic E-state index is 0.0171. The highest BCUT2D eigenvalue weighted by molar-refractivity contribution is 6.31. The monoisotopic (exact) mass is 499 g/mol. The molecule has 0 amide bonds. The molecular weight excluding hydrogens is 480 g/mol. The van der Waals surface area contributed by atoms with E-state index in [1.165, 1.54) is 27.3 Å². The highest BCUT2D eigenvalue weighted by atomic mass is 35.5.